The summed E-state index contributed by atoms with van der Waals surface area (Å²) in [5, 5.41) is 9.57. The summed E-state index contributed by atoms with van der Waals surface area (Å²) in [7, 11) is -3.78. The minimum absolute atomic E-state index is 0.0741. The van der Waals surface area contributed by atoms with Crippen LogP contribution in [0.1, 0.15) is 19.3 Å². The molecule has 0 aliphatic carbocycles. The first kappa shape index (κ1) is 14.3. The fourth-order valence-corrected chi connectivity index (χ4v) is 3.96. The van der Waals surface area contributed by atoms with Gasteiger partial charge in [-0.2, -0.15) is 4.31 Å². The van der Waals surface area contributed by atoms with Gasteiger partial charge in [0.2, 0.25) is 10.0 Å². The van der Waals surface area contributed by atoms with Crippen molar-refractivity contribution >= 4 is 27.6 Å². The summed E-state index contributed by atoms with van der Waals surface area (Å²) in [6, 6.07) is 4.77. The molecule has 1 N–H and O–H groups in total. The minimum Gasteiger partial charge on any atom is -0.480 e. The largest absolute Gasteiger partial charge is 0.480 e. The summed E-state index contributed by atoms with van der Waals surface area (Å²) in [6.45, 7) is 0.238. The molecule has 1 aliphatic rings. The molecule has 0 unspecified atom stereocenters. The number of piperidine rings is 1. The predicted molar refractivity (Wildman–Crippen MR) is 70.6 cm³/mol. The highest BCUT2D eigenvalue weighted by Crippen LogP contribution is 2.26. The van der Waals surface area contributed by atoms with Gasteiger partial charge in [-0.05, 0) is 43.5 Å². The third-order valence-corrected chi connectivity index (χ3v) is 5.33. The summed E-state index contributed by atoms with van der Waals surface area (Å²) in [5.41, 5.74) is 0. The van der Waals surface area contributed by atoms with Crippen LogP contribution >= 0.6 is 11.6 Å². The van der Waals surface area contributed by atoms with Crippen molar-refractivity contribution in [3.63, 3.8) is 0 Å². The second-order valence-electron chi connectivity index (χ2n) is 4.42. The van der Waals surface area contributed by atoms with E-state index in [0.29, 0.717) is 17.9 Å². The zero-order valence-electron chi connectivity index (χ0n) is 10.1. The van der Waals surface area contributed by atoms with Crippen molar-refractivity contribution < 1.29 is 18.3 Å². The summed E-state index contributed by atoms with van der Waals surface area (Å²) >= 11 is 5.72. The van der Waals surface area contributed by atoms with E-state index in [1.54, 1.807) is 0 Å². The Morgan fingerprint density at radius 2 is 1.89 bits per heavy atom. The van der Waals surface area contributed by atoms with Crippen LogP contribution in [-0.4, -0.2) is 36.4 Å². The number of aliphatic carboxylic acids is 1. The molecule has 19 heavy (non-hydrogen) atoms. The number of hydrogen-bond donors (Lipinski definition) is 1. The van der Waals surface area contributed by atoms with Gasteiger partial charge in [0.05, 0.1) is 4.90 Å². The standard InChI is InChI=1S/C12H14ClNO4S/c13-9-4-6-10(7-5-9)19(17,18)14-8-2-1-3-11(14)12(15)16/h4-7,11H,1-3,8H2,(H,15,16)/t11-/m1/s1. The summed E-state index contributed by atoms with van der Waals surface area (Å²) < 4.78 is 25.9. The molecule has 1 aromatic carbocycles. The Balaban J connectivity index is 2.37. The SMILES string of the molecule is O=C(O)[C@H]1CCCCN1S(=O)(=O)c1ccc(Cl)cc1. The lowest BCUT2D eigenvalue weighted by Gasteiger charge is -2.31. The maximum absolute atomic E-state index is 12.4. The van der Waals surface area contributed by atoms with Gasteiger partial charge in [0, 0.05) is 11.6 Å². The van der Waals surface area contributed by atoms with E-state index in [1.165, 1.54) is 24.3 Å². The zero-order valence-corrected chi connectivity index (χ0v) is 11.7. The average Bonchev–Trinajstić information content (AvgIpc) is 2.39. The molecule has 7 heteroatoms. The molecule has 1 fully saturated rings. The van der Waals surface area contributed by atoms with E-state index in [-0.39, 0.29) is 11.4 Å². The summed E-state index contributed by atoms with van der Waals surface area (Å²) in [5.74, 6) is -1.10. The van der Waals surface area contributed by atoms with Crippen LogP contribution in [0.25, 0.3) is 0 Å². The van der Waals surface area contributed by atoms with Crippen LogP contribution in [0.3, 0.4) is 0 Å². The average molecular weight is 304 g/mol. The van der Waals surface area contributed by atoms with Crippen molar-refractivity contribution in [3.8, 4) is 0 Å². The Kier molecular flexibility index (Phi) is 4.13. The van der Waals surface area contributed by atoms with Crippen molar-refractivity contribution in [1.82, 2.24) is 4.31 Å². The molecule has 0 amide bonds. The normalized spacial score (nSPS) is 21.2. The van der Waals surface area contributed by atoms with Crippen LogP contribution in [0.5, 0.6) is 0 Å². The van der Waals surface area contributed by atoms with Crippen molar-refractivity contribution in [2.75, 3.05) is 6.54 Å². The summed E-state index contributed by atoms with van der Waals surface area (Å²) in [6.07, 6.45) is 1.75. The van der Waals surface area contributed by atoms with Crippen LogP contribution in [-0.2, 0) is 14.8 Å². The number of carbonyl (C=O) groups is 1. The Bertz CT molecular complexity index is 570. The quantitative estimate of drug-likeness (QED) is 0.926. The van der Waals surface area contributed by atoms with Crippen molar-refractivity contribution in [2.45, 2.75) is 30.2 Å². The molecule has 1 atom stereocenters. The number of benzene rings is 1. The van der Waals surface area contributed by atoms with Gasteiger partial charge in [-0.1, -0.05) is 11.6 Å². The number of carboxylic acids is 1. The van der Waals surface area contributed by atoms with E-state index < -0.39 is 22.0 Å². The van der Waals surface area contributed by atoms with Gasteiger partial charge < -0.3 is 5.11 Å². The molecule has 0 bridgehead atoms. The molecule has 1 aliphatic heterocycles. The molecule has 5 nitrogen and oxygen atoms in total. The smallest absolute Gasteiger partial charge is 0.322 e. The molecule has 0 spiro atoms. The maximum atomic E-state index is 12.4. The van der Waals surface area contributed by atoms with E-state index in [9.17, 15) is 13.2 Å². The topological polar surface area (TPSA) is 74.7 Å². The van der Waals surface area contributed by atoms with Gasteiger partial charge in [-0.25, -0.2) is 8.42 Å². The van der Waals surface area contributed by atoms with Gasteiger partial charge in [0.1, 0.15) is 6.04 Å². The Morgan fingerprint density at radius 1 is 1.26 bits per heavy atom. The predicted octanol–water partition coefficient (Wildman–Crippen LogP) is 1.97. The highest BCUT2D eigenvalue weighted by atomic mass is 35.5. The number of carboxylic acid groups (broad SMARTS) is 1. The number of nitrogens with zero attached hydrogens (tertiary/aromatic N) is 1. The molecule has 1 heterocycles. The maximum Gasteiger partial charge on any atom is 0.322 e. The molecular weight excluding hydrogens is 290 g/mol. The molecule has 0 saturated carbocycles. The second kappa shape index (κ2) is 5.48. The molecule has 2 rings (SSSR count). The van der Waals surface area contributed by atoms with Crippen LogP contribution in [0, 0.1) is 0 Å². The highest BCUT2D eigenvalue weighted by Gasteiger charge is 2.37. The highest BCUT2D eigenvalue weighted by molar-refractivity contribution is 7.89. The van der Waals surface area contributed by atoms with Crippen LogP contribution in [0.15, 0.2) is 29.2 Å². The van der Waals surface area contributed by atoms with E-state index >= 15 is 0 Å². The zero-order chi connectivity index (χ0) is 14.0. The first-order valence-corrected chi connectivity index (χ1v) is 7.75. The molecule has 1 saturated heterocycles. The van der Waals surface area contributed by atoms with Gasteiger partial charge in [-0.15, -0.1) is 0 Å². The van der Waals surface area contributed by atoms with Gasteiger partial charge >= 0.3 is 5.97 Å². The van der Waals surface area contributed by atoms with E-state index in [2.05, 4.69) is 0 Å². The van der Waals surface area contributed by atoms with Crippen molar-refractivity contribution in [2.24, 2.45) is 0 Å². The number of rotatable bonds is 3. The molecule has 0 aromatic heterocycles. The van der Waals surface area contributed by atoms with Gasteiger partial charge in [0.25, 0.3) is 0 Å². The second-order valence-corrected chi connectivity index (χ2v) is 6.75. The fraction of sp³-hybridized carbons (Fsp3) is 0.417. The summed E-state index contributed by atoms with van der Waals surface area (Å²) in [4.78, 5) is 11.2. The lowest BCUT2D eigenvalue weighted by atomic mass is 10.1. The first-order chi connectivity index (χ1) is 8.93. The van der Waals surface area contributed by atoms with Crippen molar-refractivity contribution in [1.29, 1.82) is 0 Å². The third-order valence-electron chi connectivity index (χ3n) is 3.16. The number of sulfonamides is 1. The Hall–Kier alpha value is -1.11. The van der Waals surface area contributed by atoms with E-state index in [0.717, 1.165) is 10.7 Å². The number of hydrogen-bond acceptors (Lipinski definition) is 3. The molecule has 104 valence electrons. The van der Waals surface area contributed by atoms with Crippen LogP contribution < -0.4 is 0 Å². The molecule has 1 aromatic rings. The molecule has 0 radical (unpaired) electrons. The Morgan fingerprint density at radius 3 is 2.47 bits per heavy atom. The lowest BCUT2D eigenvalue weighted by Crippen LogP contribution is -2.47. The first-order valence-electron chi connectivity index (χ1n) is 5.93. The van der Waals surface area contributed by atoms with Crippen LogP contribution in [0.2, 0.25) is 5.02 Å². The van der Waals surface area contributed by atoms with E-state index in [4.69, 9.17) is 16.7 Å². The van der Waals surface area contributed by atoms with Crippen molar-refractivity contribution in [3.05, 3.63) is 29.3 Å². The van der Waals surface area contributed by atoms with Gasteiger partial charge in [0.15, 0.2) is 0 Å². The lowest BCUT2D eigenvalue weighted by molar-refractivity contribution is -0.142. The van der Waals surface area contributed by atoms with E-state index in [1.807, 2.05) is 0 Å². The monoisotopic (exact) mass is 303 g/mol. The third kappa shape index (κ3) is 2.91. The number of halogens is 1. The minimum atomic E-state index is -3.78. The fourth-order valence-electron chi connectivity index (χ4n) is 2.18. The Labute approximate surface area is 116 Å². The van der Waals surface area contributed by atoms with Crippen LogP contribution in [0.4, 0.5) is 0 Å². The molecular formula is C12H14ClNO4S. The van der Waals surface area contributed by atoms with Gasteiger partial charge in [-0.3, -0.25) is 4.79 Å².